The van der Waals surface area contributed by atoms with Crippen molar-refractivity contribution in [2.75, 3.05) is 26.2 Å². The van der Waals surface area contributed by atoms with Gasteiger partial charge in [-0.25, -0.2) is 10.1 Å². The Bertz CT molecular complexity index is 1240. The number of H-pyrrole nitrogens is 1. The number of hydrogen-bond acceptors (Lipinski definition) is 5. The second-order valence-electron chi connectivity index (χ2n) is 7.60. The number of para-hydroxylation sites is 1. The van der Waals surface area contributed by atoms with Crippen molar-refractivity contribution in [1.29, 1.82) is 0 Å². The Balaban J connectivity index is 1.22. The maximum atomic E-state index is 12.9. The molecule has 1 aliphatic rings. The van der Waals surface area contributed by atoms with Crippen LogP contribution in [0.4, 0.5) is 0 Å². The molecule has 0 bridgehead atoms. The number of nitrogens with zero attached hydrogens (tertiary/aromatic N) is 3. The largest absolute Gasteiger partial charge is 0.331 e. The zero-order valence-corrected chi connectivity index (χ0v) is 17.2. The van der Waals surface area contributed by atoms with Gasteiger partial charge in [-0.2, -0.15) is 5.10 Å². The van der Waals surface area contributed by atoms with E-state index < -0.39 is 0 Å². The Labute approximate surface area is 177 Å². The molecule has 0 unspecified atom stereocenters. The van der Waals surface area contributed by atoms with Gasteiger partial charge in [-0.05, 0) is 18.2 Å². The number of carbonyl (C=O) groups excluding carboxylic acids is 1. The Kier molecular flexibility index (Phi) is 5.02. The number of quaternary nitrogens is 1. The number of rotatable bonds is 4. The van der Waals surface area contributed by atoms with Crippen LogP contribution in [0.1, 0.15) is 10.7 Å². The van der Waals surface area contributed by atoms with Crippen LogP contribution in [-0.4, -0.2) is 52.2 Å². The topological polar surface area (TPSA) is 83.4 Å². The number of fused-ring (bicyclic) bond motifs is 2. The normalized spacial score (nSPS) is 15.1. The smallest absolute Gasteiger partial charge is 0.272 e. The number of nitrogens with one attached hydrogen (secondary N) is 2. The summed E-state index contributed by atoms with van der Waals surface area (Å²) in [6, 6.07) is 15.5. The summed E-state index contributed by atoms with van der Waals surface area (Å²) in [5.74, 6) is 0.0544. The third-order valence-corrected chi connectivity index (χ3v) is 6.69. The lowest BCUT2D eigenvalue weighted by molar-refractivity contribution is -0.917. The monoisotopic (exact) mass is 420 g/mol. The molecule has 5 rings (SSSR count). The van der Waals surface area contributed by atoms with E-state index in [4.69, 9.17) is 4.98 Å². The maximum Gasteiger partial charge on any atom is 0.272 e. The average molecular weight is 421 g/mol. The summed E-state index contributed by atoms with van der Waals surface area (Å²) in [4.78, 5) is 32.9. The zero-order valence-electron chi connectivity index (χ0n) is 16.4. The van der Waals surface area contributed by atoms with Crippen LogP contribution in [0.25, 0.3) is 21.0 Å². The minimum Gasteiger partial charge on any atom is -0.331 e. The molecule has 30 heavy (non-hydrogen) atoms. The summed E-state index contributed by atoms with van der Waals surface area (Å²) in [6.07, 6.45) is 0.199. The van der Waals surface area contributed by atoms with Crippen molar-refractivity contribution >= 4 is 38.2 Å². The predicted molar refractivity (Wildman–Crippen MR) is 117 cm³/mol. The Morgan fingerprint density at radius 3 is 2.60 bits per heavy atom. The summed E-state index contributed by atoms with van der Waals surface area (Å²) >= 11 is 1.75. The lowest BCUT2D eigenvalue weighted by atomic mass is 10.1. The molecule has 1 aliphatic heterocycles. The first kappa shape index (κ1) is 18.9. The van der Waals surface area contributed by atoms with Crippen LogP contribution < -0.4 is 10.5 Å². The maximum absolute atomic E-state index is 12.9. The van der Waals surface area contributed by atoms with Crippen molar-refractivity contribution in [3.8, 4) is 0 Å². The van der Waals surface area contributed by atoms with Gasteiger partial charge >= 0.3 is 0 Å². The van der Waals surface area contributed by atoms with E-state index in [0.717, 1.165) is 48.6 Å². The van der Waals surface area contributed by atoms with E-state index in [0.29, 0.717) is 11.1 Å². The predicted octanol–water partition coefficient (Wildman–Crippen LogP) is 1.00. The van der Waals surface area contributed by atoms with E-state index >= 15 is 0 Å². The van der Waals surface area contributed by atoms with E-state index in [2.05, 4.69) is 22.3 Å². The second kappa shape index (κ2) is 7.97. The van der Waals surface area contributed by atoms with E-state index in [1.54, 1.807) is 17.4 Å². The van der Waals surface area contributed by atoms with Crippen LogP contribution in [-0.2, 0) is 17.8 Å². The fourth-order valence-electron chi connectivity index (χ4n) is 4.02. The summed E-state index contributed by atoms with van der Waals surface area (Å²) in [7, 11) is 0. The van der Waals surface area contributed by atoms with E-state index in [-0.39, 0.29) is 17.9 Å². The van der Waals surface area contributed by atoms with Gasteiger partial charge in [0.15, 0.2) is 0 Å². The van der Waals surface area contributed by atoms with E-state index in [1.807, 2.05) is 35.2 Å². The van der Waals surface area contributed by atoms with Crippen LogP contribution in [0, 0.1) is 0 Å². The van der Waals surface area contributed by atoms with Crippen LogP contribution in [0.2, 0.25) is 0 Å². The van der Waals surface area contributed by atoms with E-state index in [9.17, 15) is 9.59 Å². The lowest BCUT2D eigenvalue weighted by Gasteiger charge is -2.31. The number of aromatic amines is 1. The van der Waals surface area contributed by atoms with Crippen LogP contribution >= 0.6 is 11.3 Å². The van der Waals surface area contributed by atoms with Crippen LogP contribution in [0.3, 0.4) is 0 Å². The lowest BCUT2D eigenvalue weighted by Crippen LogP contribution is -3.13. The quantitative estimate of drug-likeness (QED) is 0.516. The standard InChI is InChI=1S/C22H21N5O2S/c28-21(13-18-15-5-1-2-6-16(15)22(29)25-24-18)27-11-9-26(10-12-27)14-20-23-17-7-3-4-8-19(17)30-20/h1-8H,9-14H2,(H,25,29)/p+1. The molecule has 4 aromatic rings. The molecule has 0 aliphatic carbocycles. The molecule has 2 aromatic carbocycles. The molecule has 2 aromatic heterocycles. The van der Waals surface area contributed by atoms with Crippen molar-refractivity contribution in [2.24, 2.45) is 0 Å². The average Bonchev–Trinajstić information content (AvgIpc) is 3.18. The van der Waals surface area contributed by atoms with Crippen LogP contribution in [0.5, 0.6) is 0 Å². The molecular weight excluding hydrogens is 398 g/mol. The fraction of sp³-hybridized carbons (Fsp3) is 0.273. The molecule has 152 valence electrons. The highest BCUT2D eigenvalue weighted by molar-refractivity contribution is 7.18. The van der Waals surface area contributed by atoms with Gasteiger partial charge in [-0.15, -0.1) is 11.3 Å². The first-order valence-electron chi connectivity index (χ1n) is 10.1. The Hall–Kier alpha value is -3.10. The zero-order chi connectivity index (χ0) is 20.5. The molecule has 2 N–H and O–H groups in total. The minimum atomic E-state index is -0.228. The van der Waals surface area contributed by atoms with Crippen molar-refractivity contribution < 1.29 is 9.69 Å². The van der Waals surface area contributed by atoms with Gasteiger partial charge < -0.3 is 9.80 Å². The number of piperazine rings is 1. The highest BCUT2D eigenvalue weighted by Crippen LogP contribution is 2.20. The number of hydrogen-bond donors (Lipinski definition) is 2. The van der Waals surface area contributed by atoms with Crippen molar-refractivity contribution in [2.45, 2.75) is 13.0 Å². The second-order valence-corrected chi connectivity index (χ2v) is 8.72. The first-order chi connectivity index (χ1) is 14.7. The molecular formula is C22H22N5O2S+. The van der Waals surface area contributed by atoms with Gasteiger partial charge in [0, 0.05) is 5.39 Å². The molecule has 1 saturated heterocycles. The van der Waals surface area contributed by atoms with Gasteiger partial charge in [0.05, 0.1) is 53.9 Å². The molecule has 0 spiro atoms. The molecule has 0 saturated carbocycles. The van der Waals surface area contributed by atoms with Crippen molar-refractivity contribution in [3.05, 3.63) is 69.6 Å². The SMILES string of the molecule is O=C(Cc1n[nH]c(=O)c2ccccc12)N1CC[NH+](Cc2nc3ccccc3s2)CC1. The summed E-state index contributed by atoms with van der Waals surface area (Å²) in [5, 5.41) is 9.11. The summed E-state index contributed by atoms with van der Waals surface area (Å²) < 4.78 is 1.22. The molecule has 1 fully saturated rings. The summed E-state index contributed by atoms with van der Waals surface area (Å²) in [5.41, 5.74) is 1.46. The van der Waals surface area contributed by atoms with Gasteiger partial charge in [0.2, 0.25) is 5.91 Å². The fourth-order valence-corrected chi connectivity index (χ4v) is 5.06. The van der Waals surface area contributed by atoms with Gasteiger partial charge in [0.1, 0.15) is 11.6 Å². The molecule has 3 heterocycles. The van der Waals surface area contributed by atoms with Gasteiger partial charge in [-0.3, -0.25) is 9.59 Å². The van der Waals surface area contributed by atoms with Crippen molar-refractivity contribution in [1.82, 2.24) is 20.1 Å². The third-order valence-electron chi connectivity index (χ3n) is 5.66. The third kappa shape index (κ3) is 3.71. The highest BCUT2D eigenvalue weighted by Gasteiger charge is 2.25. The highest BCUT2D eigenvalue weighted by atomic mass is 32.1. The molecule has 0 atom stereocenters. The molecule has 8 heteroatoms. The molecule has 7 nitrogen and oxygen atoms in total. The number of amides is 1. The Morgan fingerprint density at radius 2 is 1.80 bits per heavy atom. The number of aromatic nitrogens is 3. The van der Waals surface area contributed by atoms with E-state index in [1.165, 1.54) is 9.60 Å². The first-order valence-corrected chi connectivity index (χ1v) is 10.9. The van der Waals surface area contributed by atoms with Crippen molar-refractivity contribution in [3.63, 3.8) is 0 Å². The number of thiazole rings is 1. The summed E-state index contributed by atoms with van der Waals surface area (Å²) in [6.45, 7) is 4.15. The molecule has 0 radical (unpaired) electrons. The minimum absolute atomic E-state index is 0.0544. The van der Waals surface area contributed by atoms with Gasteiger partial charge in [-0.1, -0.05) is 30.3 Å². The Morgan fingerprint density at radius 1 is 1.07 bits per heavy atom. The number of carbonyl (C=O) groups is 1. The number of benzene rings is 2. The molecule has 1 amide bonds. The van der Waals surface area contributed by atoms with Crippen LogP contribution in [0.15, 0.2) is 53.3 Å². The van der Waals surface area contributed by atoms with Gasteiger partial charge in [0.25, 0.3) is 5.56 Å².